The number of benzene rings is 1. The summed E-state index contributed by atoms with van der Waals surface area (Å²) in [6.07, 6.45) is 0. The number of halogens is 1. The summed E-state index contributed by atoms with van der Waals surface area (Å²) in [5.74, 6) is -1.11. The van der Waals surface area contributed by atoms with E-state index in [1.807, 2.05) is 22.6 Å². The second-order valence-corrected chi connectivity index (χ2v) is 4.49. The molecule has 1 aromatic carbocycles. The van der Waals surface area contributed by atoms with E-state index in [0.29, 0.717) is 5.56 Å². The quantitative estimate of drug-likeness (QED) is 0.491. The first-order chi connectivity index (χ1) is 8.49. The highest BCUT2D eigenvalue weighted by molar-refractivity contribution is 14.1. The van der Waals surface area contributed by atoms with Gasteiger partial charge in [-0.15, -0.1) is 0 Å². The molecule has 7 heteroatoms. The molecule has 1 rings (SSSR count). The van der Waals surface area contributed by atoms with Crippen molar-refractivity contribution in [2.24, 2.45) is 5.10 Å². The number of aromatic carboxylic acids is 1. The summed E-state index contributed by atoms with van der Waals surface area (Å²) < 4.78 is 0.776. The number of carbonyl (C=O) groups is 1. The Balaban J connectivity index is 3.26. The third-order valence-electron chi connectivity index (χ3n) is 2.02. The number of carboxylic acid groups (broad SMARTS) is 1. The lowest BCUT2D eigenvalue weighted by molar-refractivity contribution is 0.0697. The summed E-state index contributed by atoms with van der Waals surface area (Å²) >= 11 is 2.01. The molecule has 0 atom stereocenters. The molecule has 0 fully saturated rings. The molecule has 0 aliphatic heterocycles. The smallest absolute Gasteiger partial charge is 0.337 e. The highest BCUT2D eigenvalue weighted by atomic mass is 127. The van der Waals surface area contributed by atoms with Crippen LogP contribution in [0.4, 0.5) is 5.69 Å². The van der Waals surface area contributed by atoms with Gasteiger partial charge in [0.25, 0.3) is 0 Å². The van der Waals surface area contributed by atoms with E-state index in [9.17, 15) is 4.79 Å². The lowest BCUT2D eigenvalue weighted by Gasteiger charge is -2.09. The van der Waals surface area contributed by atoms with Crippen LogP contribution in [0.15, 0.2) is 17.2 Å². The van der Waals surface area contributed by atoms with Gasteiger partial charge in [0, 0.05) is 3.57 Å². The van der Waals surface area contributed by atoms with Gasteiger partial charge in [-0.1, -0.05) is 0 Å². The van der Waals surface area contributed by atoms with Crippen LogP contribution in [0.5, 0.6) is 0 Å². The monoisotopic (exact) mass is 354 g/mol. The Hall–Kier alpha value is -2.13. The van der Waals surface area contributed by atoms with E-state index in [2.05, 4.69) is 10.5 Å². The fourth-order valence-electron chi connectivity index (χ4n) is 1.25. The van der Waals surface area contributed by atoms with Crippen molar-refractivity contribution in [3.8, 4) is 12.1 Å². The van der Waals surface area contributed by atoms with Crippen LogP contribution < -0.4 is 5.43 Å². The van der Waals surface area contributed by atoms with Crippen LogP contribution >= 0.6 is 22.6 Å². The number of carboxylic acids is 1. The van der Waals surface area contributed by atoms with Crippen LogP contribution in [0.3, 0.4) is 0 Å². The molecule has 18 heavy (non-hydrogen) atoms. The number of nitrogens with zero attached hydrogens (tertiary/aromatic N) is 3. The van der Waals surface area contributed by atoms with Crippen molar-refractivity contribution in [3.63, 3.8) is 0 Å². The Labute approximate surface area is 117 Å². The Kier molecular flexibility index (Phi) is 4.63. The molecule has 0 bridgehead atoms. The first-order valence-corrected chi connectivity index (χ1v) is 5.74. The lowest BCUT2D eigenvalue weighted by Crippen LogP contribution is -2.06. The second-order valence-electron chi connectivity index (χ2n) is 3.25. The summed E-state index contributed by atoms with van der Waals surface area (Å²) in [7, 11) is 0. The maximum absolute atomic E-state index is 11.1. The van der Waals surface area contributed by atoms with Crippen LogP contribution in [0.25, 0.3) is 0 Å². The van der Waals surface area contributed by atoms with Crippen LogP contribution in [0, 0.1) is 33.2 Å². The Morgan fingerprint density at radius 3 is 2.56 bits per heavy atom. The number of hydrogen-bond acceptors (Lipinski definition) is 5. The zero-order valence-corrected chi connectivity index (χ0v) is 11.4. The van der Waals surface area contributed by atoms with Crippen molar-refractivity contribution in [2.75, 3.05) is 5.43 Å². The molecular formula is C11H7IN4O2. The topological polar surface area (TPSA) is 109 Å². The van der Waals surface area contributed by atoms with E-state index in [1.165, 1.54) is 6.07 Å². The van der Waals surface area contributed by atoms with Gasteiger partial charge in [0.2, 0.25) is 5.71 Å². The Morgan fingerprint density at radius 2 is 2.06 bits per heavy atom. The van der Waals surface area contributed by atoms with Crippen molar-refractivity contribution >= 4 is 40.0 Å². The minimum Gasteiger partial charge on any atom is -0.478 e. The SMILES string of the molecule is Cc1cc(I)cc(C(=O)O)c1NN=C(C#N)C#N. The molecule has 0 heterocycles. The number of rotatable bonds is 3. The van der Waals surface area contributed by atoms with Gasteiger partial charge < -0.3 is 5.11 Å². The maximum Gasteiger partial charge on any atom is 0.337 e. The molecule has 0 aliphatic carbocycles. The first-order valence-electron chi connectivity index (χ1n) is 4.67. The number of aryl methyl sites for hydroxylation is 1. The van der Waals surface area contributed by atoms with Crippen molar-refractivity contribution in [3.05, 3.63) is 26.8 Å². The van der Waals surface area contributed by atoms with Crippen LogP contribution in [0.1, 0.15) is 15.9 Å². The van der Waals surface area contributed by atoms with Gasteiger partial charge >= 0.3 is 5.97 Å². The summed E-state index contributed by atoms with van der Waals surface area (Å²) in [5.41, 5.74) is 3.05. The fraction of sp³-hybridized carbons (Fsp3) is 0.0909. The molecule has 0 spiro atoms. The predicted molar refractivity (Wildman–Crippen MR) is 73.1 cm³/mol. The van der Waals surface area contributed by atoms with E-state index in [1.54, 1.807) is 25.1 Å². The lowest BCUT2D eigenvalue weighted by atomic mass is 10.1. The average molecular weight is 354 g/mol. The van der Waals surface area contributed by atoms with Crippen LogP contribution in [0.2, 0.25) is 0 Å². The summed E-state index contributed by atoms with van der Waals surface area (Å²) in [6, 6.07) is 6.40. The Morgan fingerprint density at radius 1 is 1.44 bits per heavy atom. The van der Waals surface area contributed by atoms with Gasteiger partial charge in [-0.3, -0.25) is 5.43 Å². The largest absolute Gasteiger partial charge is 0.478 e. The molecule has 0 saturated heterocycles. The zero-order valence-electron chi connectivity index (χ0n) is 9.23. The summed E-state index contributed by atoms with van der Waals surface area (Å²) in [6.45, 7) is 1.71. The van der Waals surface area contributed by atoms with E-state index < -0.39 is 5.97 Å². The highest BCUT2D eigenvalue weighted by Crippen LogP contribution is 2.24. The third-order valence-corrected chi connectivity index (χ3v) is 2.64. The average Bonchev–Trinajstić information content (AvgIpc) is 2.31. The molecule has 90 valence electrons. The molecule has 0 amide bonds. The Bertz CT molecular complexity index is 595. The molecular weight excluding hydrogens is 347 g/mol. The van der Waals surface area contributed by atoms with Crippen LogP contribution in [-0.4, -0.2) is 16.8 Å². The van der Waals surface area contributed by atoms with E-state index in [0.717, 1.165) is 3.57 Å². The second kappa shape index (κ2) is 5.98. The van der Waals surface area contributed by atoms with Crippen LogP contribution in [-0.2, 0) is 0 Å². The van der Waals surface area contributed by atoms with Crippen molar-refractivity contribution in [2.45, 2.75) is 6.92 Å². The number of hydrazone groups is 1. The maximum atomic E-state index is 11.1. The fourth-order valence-corrected chi connectivity index (χ4v) is 2.03. The van der Waals surface area contributed by atoms with E-state index in [-0.39, 0.29) is 17.0 Å². The van der Waals surface area contributed by atoms with Crippen molar-refractivity contribution in [1.82, 2.24) is 0 Å². The first kappa shape index (κ1) is 13.9. The van der Waals surface area contributed by atoms with Gasteiger partial charge in [0.05, 0.1) is 11.3 Å². The van der Waals surface area contributed by atoms with Gasteiger partial charge in [0.15, 0.2) is 0 Å². The zero-order chi connectivity index (χ0) is 13.7. The molecule has 0 radical (unpaired) electrons. The standard InChI is InChI=1S/C11H7IN4O2/c1-6-2-7(12)3-9(11(17)18)10(6)16-15-8(4-13)5-14/h2-3,16H,1H3,(H,17,18). The minimum atomic E-state index is -1.11. The number of nitriles is 2. The molecule has 0 aromatic heterocycles. The third kappa shape index (κ3) is 3.18. The summed E-state index contributed by atoms with van der Waals surface area (Å²) in [5, 5.41) is 29.7. The molecule has 6 nitrogen and oxygen atoms in total. The van der Waals surface area contributed by atoms with Crippen molar-refractivity contribution < 1.29 is 9.90 Å². The molecule has 0 unspecified atom stereocenters. The minimum absolute atomic E-state index is 0.0402. The van der Waals surface area contributed by atoms with Gasteiger partial charge in [0.1, 0.15) is 12.1 Å². The number of nitrogens with one attached hydrogen (secondary N) is 1. The summed E-state index contributed by atoms with van der Waals surface area (Å²) in [4.78, 5) is 11.1. The predicted octanol–water partition coefficient (Wildman–Crippen LogP) is 2.11. The number of anilines is 1. The molecule has 1 aromatic rings. The molecule has 0 saturated carbocycles. The van der Waals surface area contributed by atoms with Gasteiger partial charge in [-0.2, -0.15) is 15.6 Å². The van der Waals surface area contributed by atoms with E-state index >= 15 is 0 Å². The number of hydrogen-bond donors (Lipinski definition) is 2. The van der Waals surface area contributed by atoms with Crippen molar-refractivity contribution in [1.29, 1.82) is 10.5 Å². The normalized spacial score (nSPS) is 8.89. The molecule has 2 N–H and O–H groups in total. The molecule has 0 aliphatic rings. The van der Waals surface area contributed by atoms with Gasteiger partial charge in [-0.05, 0) is 47.2 Å². The van der Waals surface area contributed by atoms with Gasteiger partial charge in [-0.25, -0.2) is 4.79 Å². The van der Waals surface area contributed by atoms with E-state index in [4.69, 9.17) is 15.6 Å². The highest BCUT2D eigenvalue weighted by Gasteiger charge is 2.13.